The fraction of sp³-hybridized carbons (Fsp3) is 0.404. The summed E-state index contributed by atoms with van der Waals surface area (Å²) in [5, 5.41) is 9.44. The Kier molecular flexibility index (Phi) is 18.6. The van der Waals surface area contributed by atoms with Crippen molar-refractivity contribution < 1.29 is 30.0 Å². The summed E-state index contributed by atoms with van der Waals surface area (Å²) in [6.07, 6.45) is 6.25. The molecule has 6 rings (SSSR count). The molecule has 0 amide bonds. The van der Waals surface area contributed by atoms with Crippen molar-refractivity contribution in [1.82, 2.24) is 20.1 Å². The molecule has 61 heavy (non-hydrogen) atoms. The summed E-state index contributed by atoms with van der Waals surface area (Å²) in [6, 6.07) is 34.2. The molecule has 5 aromatic rings. The molecule has 0 saturated heterocycles. The normalized spacial score (nSPS) is 14.3. The minimum Gasteiger partial charge on any atom is -0.398 e. The van der Waals surface area contributed by atoms with Gasteiger partial charge in [0.05, 0.1) is 16.1 Å². The zero-order valence-electron chi connectivity index (χ0n) is 34.7. The van der Waals surface area contributed by atoms with Gasteiger partial charge in [0.1, 0.15) is 4.90 Å². The predicted octanol–water partition coefficient (Wildman–Crippen LogP) is 8.99. The number of nitrogen functional groups attached to an aromatic ring is 1. The Labute approximate surface area is 360 Å². The molecule has 0 heterocycles. The Bertz CT molecular complexity index is 2340. The van der Waals surface area contributed by atoms with E-state index < -0.39 is 36.7 Å². The molecule has 1 aliphatic carbocycles. The van der Waals surface area contributed by atoms with Crippen molar-refractivity contribution in [3.63, 3.8) is 0 Å². The van der Waals surface area contributed by atoms with Crippen LogP contribution in [-0.2, 0) is 45.6 Å². The van der Waals surface area contributed by atoms with Crippen molar-refractivity contribution >= 4 is 36.5 Å². The number of hydrogen-bond acceptors (Lipinski definition) is 7. The van der Waals surface area contributed by atoms with Crippen LogP contribution in [0, 0.1) is 5.92 Å². The third kappa shape index (κ3) is 15.5. The Hall–Kier alpha value is -4.31. The molecule has 9 nitrogen and oxygen atoms in total. The van der Waals surface area contributed by atoms with E-state index in [9.17, 15) is 30.0 Å². The topological polar surface area (TPSA) is 142 Å². The van der Waals surface area contributed by atoms with Crippen molar-refractivity contribution in [3.05, 3.63) is 138 Å². The van der Waals surface area contributed by atoms with Gasteiger partial charge in [-0.25, -0.2) is 26.3 Å². The number of halogens is 3. The Morgan fingerprint density at radius 1 is 0.574 bits per heavy atom. The molecule has 0 spiro atoms. The maximum absolute atomic E-state index is 13.0. The van der Waals surface area contributed by atoms with E-state index in [0.29, 0.717) is 13.0 Å². The lowest BCUT2D eigenvalue weighted by Gasteiger charge is -2.24. The Morgan fingerprint density at radius 3 is 1.79 bits per heavy atom. The minimum atomic E-state index is -4.72. The average molecular weight is 880 g/mol. The van der Waals surface area contributed by atoms with Crippen LogP contribution in [0.25, 0.3) is 10.8 Å². The number of benzene rings is 5. The van der Waals surface area contributed by atoms with Crippen LogP contribution in [0.4, 0.5) is 18.9 Å². The highest BCUT2D eigenvalue weighted by Crippen LogP contribution is 2.34. The average Bonchev–Trinajstić information content (AvgIpc) is 3.25. The van der Waals surface area contributed by atoms with Crippen molar-refractivity contribution in [2.45, 2.75) is 93.1 Å². The van der Waals surface area contributed by atoms with Crippen LogP contribution in [0.1, 0.15) is 80.0 Å². The van der Waals surface area contributed by atoms with Crippen molar-refractivity contribution in [1.29, 1.82) is 0 Å². The van der Waals surface area contributed by atoms with Crippen LogP contribution < -0.4 is 25.8 Å². The number of aryl methyl sites for hydroxylation is 1. The zero-order chi connectivity index (χ0) is 43.6. The van der Waals surface area contributed by atoms with Crippen LogP contribution in [0.15, 0.2) is 125 Å². The van der Waals surface area contributed by atoms with Crippen molar-refractivity contribution in [2.24, 2.45) is 5.92 Å². The van der Waals surface area contributed by atoms with E-state index in [4.69, 9.17) is 5.73 Å². The lowest BCUT2D eigenvalue weighted by atomic mass is 9.84. The molecule has 0 fully saturated rings. The van der Waals surface area contributed by atoms with Crippen LogP contribution >= 0.6 is 0 Å². The third-order valence-electron chi connectivity index (χ3n) is 10.9. The third-order valence-corrected chi connectivity index (χ3v) is 13.9. The number of sulfonamides is 2. The molecule has 6 N–H and O–H groups in total. The Morgan fingerprint density at radius 2 is 1.11 bits per heavy atom. The van der Waals surface area contributed by atoms with Crippen LogP contribution in [-0.4, -0.2) is 49.6 Å². The van der Waals surface area contributed by atoms with Gasteiger partial charge in [0.25, 0.3) is 0 Å². The molecule has 330 valence electrons. The molecule has 14 heteroatoms. The van der Waals surface area contributed by atoms with Gasteiger partial charge in [0.15, 0.2) is 0 Å². The molecule has 0 saturated carbocycles. The van der Waals surface area contributed by atoms with Gasteiger partial charge in [-0.15, -0.1) is 0 Å². The van der Waals surface area contributed by atoms with E-state index in [1.807, 2.05) is 12.1 Å². The number of alkyl halides is 3. The molecular weight excluding hydrogens is 820 g/mol. The van der Waals surface area contributed by atoms with Gasteiger partial charge >= 0.3 is 6.18 Å². The van der Waals surface area contributed by atoms with E-state index in [1.54, 1.807) is 18.2 Å². The van der Waals surface area contributed by atoms with Gasteiger partial charge in [-0.05, 0) is 128 Å². The van der Waals surface area contributed by atoms with E-state index >= 15 is 0 Å². The molecular formula is C47H60F3N5O4S2. The second-order valence-electron chi connectivity index (χ2n) is 15.6. The summed E-state index contributed by atoms with van der Waals surface area (Å²) in [6.45, 7) is 4.31. The first-order valence-electron chi connectivity index (χ1n) is 21.3. The first-order chi connectivity index (χ1) is 29.3. The van der Waals surface area contributed by atoms with E-state index in [1.165, 1.54) is 64.9 Å². The molecule has 1 aliphatic rings. The maximum Gasteiger partial charge on any atom is 0.417 e. The fourth-order valence-electron chi connectivity index (χ4n) is 7.52. The monoisotopic (exact) mass is 879 g/mol. The summed E-state index contributed by atoms with van der Waals surface area (Å²) >= 11 is 0. The molecule has 0 radical (unpaired) electrons. The minimum absolute atomic E-state index is 0.110. The molecule has 1 atom stereocenters. The number of nitrogens with two attached hydrogens (primary N) is 1. The SMILES string of the molecule is Nc1ccccc1S(=O)(=O)NCCCCCCNCC1CCc2ccccc2C1.O=S(=O)(NCCCCCCNCc1ccc2ccccc2c1)c1ccccc1C(F)(F)F. The smallest absolute Gasteiger partial charge is 0.398 e. The number of unbranched alkanes of at least 4 members (excludes halogenated alkanes) is 6. The number of fused-ring (bicyclic) bond motifs is 2. The molecule has 0 bridgehead atoms. The number of para-hydroxylation sites is 1. The molecule has 1 unspecified atom stereocenters. The second-order valence-corrected chi connectivity index (χ2v) is 19.1. The summed E-state index contributed by atoms with van der Waals surface area (Å²) < 4.78 is 93.1. The Balaban J connectivity index is 0.000000232. The lowest BCUT2D eigenvalue weighted by Crippen LogP contribution is -2.28. The second kappa shape index (κ2) is 23.8. The summed E-state index contributed by atoms with van der Waals surface area (Å²) in [5.41, 5.74) is 9.15. The summed E-state index contributed by atoms with van der Waals surface area (Å²) in [7, 11) is -7.72. The first kappa shape index (κ1) is 47.7. The molecule has 0 aromatic heterocycles. The number of rotatable bonds is 22. The highest BCUT2D eigenvalue weighted by atomic mass is 32.2. The number of anilines is 1. The van der Waals surface area contributed by atoms with Crippen LogP contribution in [0.3, 0.4) is 0 Å². The first-order valence-corrected chi connectivity index (χ1v) is 24.3. The van der Waals surface area contributed by atoms with Crippen LogP contribution in [0.2, 0.25) is 0 Å². The number of nitrogens with one attached hydrogen (secondary N) is 4. The van der Waals surface area contributed by atoms with E-state index in [2.05, 4.69) is 74.7 Å². The predicted molar refractivity (Wildman–Crippen MR) is 240 cm³/mol. The largest absolute Gasteiger partial charge is 0.417 e. The van der Waals surface area contributed by atoms with Gasteiger partial charge in [-0.1, -0.05) is 111 Å². The lowest BCUT2D eigenvalue weighted by molar-refractivity contribution is -0.139. The van der Waals surface area contributed by atoms with Gasteiger partial charge in [0, 0.05) is 19.6 Å². The van der Waals surface area contributed by atoms with Gasteiger partial charge < -0.3 is 16.4 Å². The molecule has 0 aliphatic heterocycles. The highest BCUT2D eigenvalue weighted by molar-refractivity contribution is 7.90. The number of hydrogen-bond donors (Lipinski definition) is 5. The quantitative estimate of drug-likeness (QED) is 0.0345. The van der Waals surface area contributed by atoms with Crippen molar-refractivity contribution in [2.75, 3.05) is 38.5 Å². The standard InChI is InChI=1S/C24H27F3N2O2S.C23H33N3O2S/c25-24(26,27)22-11-5-6-12-23(22)32(30,31)29-16-8-2-1-7-15-28-18-19-13-14-20-9-3-4-10-21(20)17-19;24-22-11-5-6-12-23(22)29(27,28)26-16-8-2-1-7-15-25-18-19-13-14-20-9-3-4-10-21(20)17-19/h3-6,9-14,17,28-29H,1-2,7-8,15-16,18H2;3-6,9-12,19,25-26H,1-2,7-8,13-18,24H2. The van der Waals surface area contributed by atoms with Gasteiger partial charge in [0.2, 0.25) is 20.0 Å². The zero-order valence-corrected chi connectivity index (χ0v) is 36.4. The van der Waals surface area contributed by atoms with Gasteiger partial charge in [-0.2, -0.15) is 13.2 Å². The fourth-order valence-corrected chi connectivity index (χ4v) is 10.0. The molecule has 5 aromatic carbocycles. The van der Waals surface area contributed by atoms with Crippen molar-refractivity contribution in [3.8, 4) is 0 Å². The summed E-state index contributed by atoms with van der Waals surface area (Å²) in [4.78, 5) is -0.570. The van der Waals surface area contributed by atoms with E-state index in [-0.39, 0.29) is 17.1 Å². The maximum atomic E-state index is 13.0. The summed E-state index contributed by atoms with van der Waals surface area (Å²) in [5.74, 6) is 0.740. The van der Waals surface area contributed by atoms with Gasteiger partial charge in [-0.3, -0.25) is 0 Å². The van der Waals surface area contributed by atoms with Crippen LogP contribution in [0.5, 0.6) is 0 Å². The van der Waals surface area contributed by atoms with E-state index in [0.717, 1.165) is 89.2 Å². The highest BCUT2D eigenvalue weighted by Gasteiger charge is 2.36.